The number of rotatable bonds is 2. The minimum atomic E-state index is -0.919. The molecule has 0 unspecified atom stereocenters. The average molecular weight is 248 g/mol. The second-order valence-electron chi connectivity index (χ2n) is 3.54. The molecule has 3 heterocycles. The van der Waals surface area contributed by atoms with Crippen LogP contribution in [0.5, 0.6) is 0 Å². The predicted molar refractivity (Wildman–Crippen MR) is 62.3 cm³/mol. The van der Waals surface area contributed by atoms with Gasteiger partial charge in [0.05, 0.1) is 0 Å². The fourth-order valence-corrected chi connectivity index (χ4v) is 2.62. The normalized spacial score (nSPS) is 11.1. The van der Waals surface area contributed by atoms with Gasteiger partial charge < -0.3 is 10.1 Å². The Morgan fingerprint density at radius 2 is 2.41 bits per heavy atom. The predicted octanol–water partition coefficient (Wildman–Crippen LogP) is 1.79. The molecule has 0 aliphatic carbocycles. The molecule has 0 radical (unpaired) electrons. The number of aromatic nitrogens is 4. The van der Waals surface area contributed by atoms with Crippen LogP contribution in [0.3, 0.4) is 0 Å². The zero-order chi connectivity index (χ0) is 12.0. The number of aromatic carboxylic acids is 1. The fraction of sp³-hybridized carbons (Fsp3) is 0.100. The molecule has 3 aromatic rings. The number of H-pyrrole nitrogens is 1. The molecule has 0 atom stereocenters. The molecule has 0 aliphatic rings. The maximum absolute atomic E-state index is 11.0. The van der Waals surface area contributed by atoms with Crippen LogP contribution in [0.2, 0.25) is 0 Å². The highest BCUT2D eigenvalue weighted by Gasteiger charge is 2.17. The van der Waals surface area contributed by atoms with Crippen molar-refractivity contribution in [3.63, 3.8) is 0 Å². The summed E-state index contributed by atoms with van der Waals surface area (Å²) in [6, 6.07) is 0. The maximum Gasteiger partial charge on any atom is 0.347 e. The molecule has 2 N–H and O–H groups in total. The number of thiazole rings is 1. The summed E-state index contributed by atoms with van der Waals surface area (Å²) in [6.07, 6.45) is 5.16. The summed E-state index contributed by atoms with van der Waals surface area (Å²) < 4.78 is 1.77. The molecule has 7 heteroatoms. The molecule has 86 valence electrons. The number of aromatic amines is 1. The van der Waals surface area contributed by atoms with Crippen LogP contribution < -0.4 is 0 Å². The van der Waals surface area contributed by atoms with E-state index in [-0.39, 0.29) is 0 Å². The third-order valence-corrected chi connectivity index (χ3v) is 3.64. The molecule has 0 bridgehead atoms. The summed E-state index contributed by atoms with van der Waals surface area (Å²) in [6.45, 7) is 1.76. The Balaban J connectivity index is 2.19. The van der Waals surface area contributed by atoms with E-state index >= 15 is 0 Å². The molecule has 0 aromatic carbocycles. The second-order valence-corrected chi connectivity index (χ2v) is 4.52. The molecule has 3 rings (SSSR count). The molecule has 3 aromatic heterocycles. The van der Waals surface area contributed by atoms with Crippen molar-refractivity contribution in [2.24, 2.45) is 0 Å². The van der Waals surface area contributed by atoms with Gasteiger partial charge in [-0.1, -0.05) is 11.3 Å². The van der Waals surface area contributed by atoms with Gasteiger partial charge in [0.2, 0.25) is 0 Å². The number of carboxylic acids is 1. The molecule has 0 aliphatic heterocycles. The molecule has 0 amide bonds. The van der Waals surface area contributed by atoms with Gasteiger partial charge in [-0.15, -0.1) is 0 Å². The lowest BCUT2D eigenvalue weighted by atomic mass is 10.4. The first-order valence-corrected chi connectivity index (χ1v) is 5.70. The summed E-state index contributed by atoms with van der Waals surface area (Å²) in [5.41, 5.74) is 1.39. The number of nitrogens with zero attached hydrogens (tertiary/aromatic N) is 3. The van der Waals surface area contributed by atoms with Gasteiger partial charge in [-0.25, -0.2) is 14.8 Å². The zero-order valence-electron chi connectivity index (χ0n) is 8.84. The highest BCUT2D eigenvalue weighted by molar-refractivity contribution is 7.19. The van der Waals surface area contributed by atoms with Gasteiger partial charge in [-0.05, 0) is 6.92 Å². The quantitative estimate of drug-likeness (QED) is 0.724. The maximum atomic E-state index is 11.0. The second kappa shape index (κ2) is 3.42. The molecule has 0 spiro atoms. The van der Waals surface area contributed by atoms with Gasteiger partial charge in [0, 0.05) is 24.3 Å². The van der Waals surface area contributed by atoms with E-state index < -0.39 is 5.97 Å². The number of hydrogen-bond donors (Lipinski definition) is 2. The van der Waals surface area contributed by atoms with Crippen molar-refractivity contribution in [1.82, 2.24) is 19.4 Å². The zero-order valence-corrected chi connectivity index (χ0v) is 9.65. The lowest BCUT2D eigenvalue weighted by Crippen LogP contribution is -1.96. The van der Waals surface area contributed by atoms with E-state index in [1.54, 1.807) is 29.9 Å². The van der Waals surface area contributed by atoms with Crippen molar-refractivity contribution < 1.29 is 9.90 Å². The van der Waals surface area contributed by atoms with E-state index in [0.29, 0.717) is 27.1 Å². The molecular formula is C10H8N4O2S. The van der Waals surface area contributed by atoms with Crippen molar-refractivity contribution in [3.05, 3.63) is 29.2 Å². The lowest BCUT2D eigenvalue weighted by Gasteiger charge is -1.91. The van der Waals surface area contributed by atoms with E-state index in [4.69, 9.17) is 5.11 Å². The molecule has 0 fully saturated rings. The van der Waals surface area contributed by atoms with E-state index in [9.17, 15) is 4.79 Å². The summed E-state index contributed by atoms with van der Waals surface area (Å²) >= 11 is 1.16. The summed E-state index contributed by atoms with van der Waals surface area (Å²) in [4.78, 5) is 23.3. The van der Waals surface area contributed by atoms with Crippen LogP contribution in [0, 0.1) is 6.92 Å². The molecule has 0 saturated heterocycles. The van der Waals surface area contributed by atoms with Gasteiger partial charge in [0.15, 0.2) is 10.8 Å². The third-order valence-electron chi connectivity index (χ3n) is 2.49. The summed E-state index contributed by atoms with van der Waals surface area (Å²) in [5, 5.41) is 8.99. The van der Waals surface area contributed by atoms with Crippen molar-refractivity contribution in [3.8, 4) is 11.5 Å². The SMILES string of the molecule is Cc1c(C(=O)O)sc2nc(-c3ncc[nH]3)cn12. The Kier molecular flexibility index (Phi) is 2.02. The van der Waals surface area contributed by atoms with Crippen LogP contribution in [-0.2, 0) is 0 Å². The van der Waals surface area contributed by atoms with Gasteiger partial charge >= 0.3 is 5.97 Å². The number of nitrogens with one attached hydrogen (secondary N) is 1. The first-order valence-electron chi connectivity index (χ1n) is 4.88. The molecule has 0 saturated carbocycles. The highest BCUT2D eigenvalue weighted by atomic mass is 32.1. The van der Waals surface area contributed by atoms with E-state index in [0.717, 1.165) is 11.3 Å². The summed E-state index contributed by atoms with van der Waals surface area (Å²) in [7, 11) is 0. The van der Waals surface area contributed by atoms with E-state index in [1.165, 1.54) is 0 Å². The largest absolute Gasteiger partial charge is 0.477 e. The minimum absolute atomic E-state index is 0.318. The fourth-order valence-electron chi connectivity index (χ4n) is 1.67. The smallest absolute Gasteiger partial charge is 0.347 e. The average Bonchev–Trinajstić information content (AvgIpc) is 2.94. The number of fused-ring (bicyclic) bond motifs is 1. The van der Waals surface area contributed by atoms with Gasteiger partial charge in [0.25, 0.3) is 0 Å². The van der Waals surface area contributed by atoms with Crippen LogP contribution in [0.25, 0.3) is 16.5 Å². The Hall–Kier alpha value is -2.15. The van der Waals surface area contributed by atoms with Crippen LogP contribution >= 0.6 is 11.3 Å². The van der Waals surface area contributed by atoms with Crippen LogP contribution in [0.1, 0.15) is 15.4 Å². The Labute approximate surface area is 99.6 Å². The Morgan fingerprint density at radius 3 is 3.00 bits per heavy atom. The standard InChI is InChI=1S/C10H8N4O2S/c1-5-7(9(15)16)17-10-13-6(4-14(5)10)8-11-2-3-12-8/h2-4H,1H3,(H,11,12)(H,15,16). The first-order chi connectivity index (χ1) is 8.16. The molecular weight excluding hydrogens is 240 g/mol. The minimum Gasteiger partial charge on any atom is -0.477 e. The van der Waals surface area contributed by atoms with Crippen molar-refractivity contribution in [2.45, 2.75) is 6.92 Å². The number of carbonyl (C=O) groups is 1. The van der Waals surface area contributed by atoms with Crippen molar-refractivity contribution >= 4 is 22.3 Å². The van der Waals surface area contributed by atoms with Crippen molar-refractivity contribution in [2.75, 3.05) is 0 Å². The van der Waals surface area contributed by atoms with Crippen LogP contribution in [0.4, 0.5) is 0 Å². The van der Waals surface area contributed by atoms with Gasteiger partial charge in [-0.3, -0.25) is 4.40 Å². The third kappa shape index (κ3) is 1.43. The molecule has 6 nitrogen and oxygen atoms in total. The molecule has 17 heavy (non-hydrogen) atoms. The number of carboxylic acid groups (broad SMARTS) is 1. The highest BCUT2D eigenvalue weighted by Crippen LogP contribution is 2.25. The van der Waals surface area contributed by atoms with Crippen LogP contribution in [-0.4, -0.2) is 30.4 Å². The van der Waals surface area contributed by atoms with Gasteiger partial charge in [-0.2, -0.15) is 0 Å². The van der Waals surface area contributed by atoms with E-state index in [2.05, 4.69) is 15.0 Å². The summed E-state index contributed by atoms with van der Waals surface area (Å²) in [5.74, 6) is -0.241. The Bertz CT molecular complexity index is 695. The van der Waals surface area contributed by atoms with E-state index in [1.807, 2.05) is 0 Å². The number of hydrogen-bond acceptors (Lipinski definition) is 4. The van der Waals surface area contributed by atoms with Gasteiger partial charge in [0.1, 0.15) is 10.6 Å². The topological polar surface area (TPSA) is 83.3 Å². The first kappa shape index (κ1) is 10.0. The Morgan fingerprint density at radius 1 is 1.59 bits per heavy atom. The lowest BCUT2D eigenvalue weighted by molar-refractivity contribution is 0.0701. The van der Waals surface area contributed by atoms with Crippen LogP contribution in [0.15, 0.2) is 18.6 Å². The number of aryl methyl sites for hydroxylation is 1. The number of imidazole rings is 2. The van der Waals surface area contributed by atoms with Crippen molar-refractivity contribution in [1.29, 1.82) is 0 Å². The monoisotopic (exact) mass is 248 g/mol.